The van der Waals surface area contributed by atoms with Gasteiger partial charge >= 0.3 is 0 Å². The zero-order valence-electron chi connectivity index (χ0n) is 13.1. The highest BCUT2D eigenvalue weighted by molar-refractivity contribution is 5.75. The maximum Gasteiger partial charge on any atom is 0.246 e. The van der Waals surface area contributed by atoms with E-state index in [4.69, 9.17) is 14.3 Å². The lowest BCUT2D eigenvalue weighted by Gasteiger charge is -2.36. The van der Waals surface area contributed by atoms with E-state index < -0.39 is 0 Å². The maximum atomic E-state index is 12.1. The summed E-state index contributed by atoms with van der Waals surface area (Å²) in [4.78, 5) is 17.8. The van der Waals surface area contributed by atoms with Crippen LogP contribution in [0.25, 0.3) is 0 Å². The molecule has 0 aromatic heterocycles. The normalized spacial score (nSPS) is 17.3. The summed E-state index contributed by atoms with van der Waals surface area (Å²) in [5.41, 5.74) is 2.13. The van der Waals surface area contributed by atoms with Gasteiger partial charge in [-0.2, -0.15) is 0 Å². The van der Waals surface area contributed by atoms with Gasteiger partial charge < -0.3 is 9.47 Å². The first-order valence-corrected chi connectivity index (χ1v) is 7.35. The number of hydroxylamine groups is 2. The van der Waals surface area contributed by atoms with Crippen LogP contribution in [0.5, 0.6) is 11.5 Å². The third-order valence-electron chi connectivity index (χ3n) is 3.76. The molecule has 0 radical (unpaired) electrons. The van der Waals surface area contributed by atoms with Crippen molar-refractivity contribution in [2.24, 2.45) is 0 Å². The molecule has 21 heavy (non-hydrogen) atoms. The van der Waals surface area contributed by atoms with Crippen LogP contribution >= 0.6 is 0 Å². The van der Waals surface area contributed by atoms with Crippen molar-refractivity contribution in [1.82, 2.24) is 5.06 Å². The fourth-order valence-electron chi connectivity index (χ4n) is 2.68. The number of hydrogen-bond donors (Lipinski definition) is 0. The minimum atomic E-state index is -0.0639. The largest absolute Gasteiger partial charge is 0.493 e. The van der Waals surface area contributed by atoms with Gasteiger partial charge in [0.05, 0.1) is 20.3 Å². The van der Waals surface area contributed by atoms with Crippen molar-refractivity contribution < 1.29 is 19.1 Å². The lowest BCUT2D eigenvalue weighted by atomic mass is 9.94. The minimum absolute atomic E-state index is 0.00823. The zero-order chi connectivity index (χ0) is 15.4. The Morgan fingerprint density at radius 2 is 1.95 bits per heavy atom. The molecule has 1 amide bonds. The molecule has 2 rings (SSSR count). The molecular formula is C16H23NO4. The second kappa shape index (κ2) is 6.80. The number of fused-ring (bicyclic) bond motifs is 1. The molecule has 1 heterocycles. The lowest BCUT2D eigenvalue weighted by Crippen LogP contribution is -2.38. The fraction of sp³-hybridized carbons (Fsp3) is 0.562. The van der Waals surface area contributed by atoms with Crippen LogP contribution in [-0.2, 0) is 16.2 Å². The zero-order valence-corrected chi connectivity index (χ0v) is 13.1. The molecule has 1 aliphatic heterocycles. The second-order valence-electron chi connectivity index (χ2n) is 5.06. The standard InChI is InChI=1S/C16H23NO4/c1-5-7-13-12-9-15(20-4)14(19-3)8-11(12)10-21-17(13)16(18)6-2/h8-9,13H,5-7,10H2,1-4H3. The molecule has 0 aliphatic carbocycles. The summed E-state index contributed by atoms with van der Waals surface area (Å²) in [5, 5.41) is 1.53. The fourth-order valence-corrected chi connectivity index (χ4v) is 2.68. The number of hydrogen-bond acceptors (Lipinski definition) is 4. The van der Waals surface area contributed by atoms with Crippen molar-refractivity contribution in [3.8, 4) is 11.5 Å². The lowest BCUT2D eigenvalue weighted by molar-refractivity contribution is -0.214. The van der Waals surface area contributed by atoms with Crippen LogP contribution in [0.4, 0.5) is 0 Å². The predicted molar refractivity (Wildman–Crippen MR) is 79.1 cm³/mol. The van der Waals surface area contributed by atoms with Crippen LogP contribution in [0.2, 0.25) is 0 Å². The van der Waals surface area contributed by atoms with E-state index in [0.717, 1.165) is 24.0 Å². The van der Waals surface area contributed by atoms with Gasteiger partial charge in [-0.3, -0.25) is 9.63 Å². The van der Waals surface area contributed by atoms with Gasteiger partial charge in [0.25, 0.3) is 0 Å². The summed E-state index contributed by atoms with van der Waals surface area (Å²) >= 11 is 0. The van der Waals surface area contributed by atoms with E-state index in [1.165, 1.54) is 5.06 Å². The number of rotatable bonds is 5. The van der Waals surface area contributed by atoms with Crippen LogP contribution in [0, 0.1) is 0 Å². The third-order valence-corrected chi connectivity index (χ3v) is 3.76. The smallest absolute Gasteiger partial charge is 0.246 e. The first-order chi connectivity index (χ1) is 10.2. The van der Waals surface area contributed by atoms with Crippen molar-refractivity contribution in [3.05, 3.63) is 23.3 Å². The number of carbonyl (C=O) groups is 1. The summed E-state index contributed by atoms with van der Waals surface area (Å²) in [6, 6.07) is 3.84. The number of amides is 1. The molecule has 1 aromatic carbocycles. The summed E-state index contributed by atoms with van der Waals surface area (Å²) in [7, 11) is 3.23. The Balaban J connectivity index is 2.45. The van der Waals surface area contributed by atoms with Crippen LogP contribution in [-0.4, -0.2) is 25.2 Å². The predicted octanol–water partition coefficient (Wildman–Crippen LogP) is 3.23. The highest BCUT2D eigenvalue weighted by atomic mass is 16.7. The molecule has 1 aromatic rings. The minimum Gasteiger partial charge on any atom is -0.493 e. The van der Waals surface area contributed by atoms with E-state index in [-0.39, 0.29) is 11.9 Å². The van der Waals surface area contributed by atoms with E-state index in [2.05, 4.69) is 6.92 Å². The topological polar surface area (TPSA) is 48.0 Å². The number of ether oxygens (including phenoxy) is 2. The first-order valence-electron chi connectivity index (χ1n) is 7.35. The van der Waals surface area contributed by atoms with Gasteiger partial charge in [-0.05, 0) is 29.7 Å². The SMILES string of the molecule is CCCC1c2cc(OC)c(OC)cc2CON1C(=O)CC. The van der Waals surface area contributed by atoms with Crippen molar-refractivity contribution in [2.45, 2.75) is 45.8 Å². The Kier molecular flexibility index (Phi) is 5.07. The molecule has 116 valence electrons. The Bertz CT molecular complexity index is 515. The molecule has 0 saturated carbocycles. The number of nitrogens with zero attached hydrogens (tertiary/aromatic N) is 1. The quantitative estimate of drug-likeness (QED) is 0.836. The van der Waals surface area contributed by atoms with E-state index in [0.29, 0.717) is 24.5 Å². The Labute approximate surface area is 125 Å². The average molecular weight is 293 g/mol. The number of carbonyl (C=O) groups excluding carboxylic acids is 1. The highest BCUT2D eigenvalue weighted by Gasteiger charge is 2.32. The first kappa shape index (κ1) is 15.6. The van der Waals surface area contributed by atoms with Gasteiger partial charge in [0.15, 0.2) is 11.5 Å². The van der Waals surface area contributed by atoms with Crippen LogP contribution in [0.15, 0.2) is 12.1 Å². The summed E-state index contributed by atoms with van der Waals surface area (Å²) < 4.78 is 10.7. The van der Waals surface area contributed by atoms with Crippen LogP contribution in [0.1, 0.15) is 50.3 Å². The second-order valence-corrected chi connectivity index (χ2v) is 5.06. The van der Waals surface area contributed by atoms with Crippen LogP contribution in [0.3, 0.4) is 0 Å². The molecule has 0 N–H and O–H groups in total. The third kappa shape index (κ3) is 2.97. The molecule has 5 heteroatoms. The molecular weight excluding hydrogens is 270 g/mol. The molecule has 1 atom stereocenters. The maximum absolute atomic E-state index is 12.1. The van der Waals surface area contributed by atoms with Crippen molar-refractivity contribution in [2.75, 3.05) is 14.2 Å². The van der Waals surface area contributed by atoms with E-state index in [1.807, 2.05) is 19.1 Å². The molecule has 0 saturated heterocycles. The van der Waals surface area contributed by atoms with Gasteiger partial charge in [-0.15, -0.1) is 0 Å². The van der Waals surface area contributed by atoms with E-state index in [1.54, 1.807) is 14.2 Å². The van der Waals surface area contributed by atoms with Gasteiger partial charge in [-0.25, -0.2) is 5.06 Å². The monoisotopic (exact) mass is 293 g/mol. The van der Waals surface area contributed by atoms with Crippen molar-refractivity contribution in [3.63, 3.8) is 0 Å². The van der Waals surface area contributed by atoms with Gasteiger partial charge in [0.1, 0.15) is 6.61 Å². The van der Waals surface area contributed by atoms with Crippen molar-refractivity contribution in [1.29, 1.82) is 0 Å². The Morgan fingerprint density at radius 1 is 1.29 bits per heavy atom. The average Bonchev–Trinajstić information content (AvgIpc) is 2.53. The molecule has 0 bridgehead atoms. The Hall–Kier alpha value is -1.75. The van der Waals surface area contributed by atoms with Crippen LogP contribution < -0.4 is 9.47 Å². The van der Waals surface area contributed by atoms with Gasteiger partial charge in [-0.1, -0.05) is 20.3 Å². The van der Waals surface area contributed by atoms with Crippen molar-refractivity contribution >= 4 is 5.91 Å². The van der Waals surface area contributed by atoms with E-state index >= 15 is 0 Å². The molecule has 1 aliphatic rings. The molecule has 5 nitrogen and oxygen atoms in total. The highest BCUT2D eigenvalue weighted by Crippen LogP contribution is 2.40. The summed E-state index contributed by atoms with van der Waals surface area (Å²) in [6.45, 7) is 4.32. The summed E-state index contributed by atoms with van der Waals surface area (Å²) in [6.07, 6.45) is 2.26. The van der Waals surface area contributed by atoms with E-state index in [9.17, 15) is 4.79 Å². The summed E-state index contributed by atoms with van der Waals surface area (Å²) in [5.74, 6) is 1.38. The molecule has 1 unspecified atom stereocenters. The van der Waals surface area contributed by atoms with Gasteiger partial charge in [0.2, 0.25) is 5.91 Å². The van der Waals surface area contributed by atoms with Gasteiger partial charge in [0, 0.05) is 6.42 Å². The molecule has 0 spiro atoms. The number of methoxy groups -OCH3 is 2. The molecule has 0 fully saturated rings. The Morgan fingerprint density at radius 3 is 2.52 bits per heavy atom. The number of benzene rings is 1.